The lowest BCUT2D eigenvalue weighted by Gasteiger charge is -2.24. The van der Waals surface area contributed by atoms with Gasteiger partial charge in [0.05, 0.1) is 35.6 Å². The zero-order valence-electron chi connectivity index (χ0n) is 18.5. The second kappa shape index (κ2) is 10.1. The van der Waals surface area contributed by atoms with Crippen LogP contribution in [0, 0.1) is 6.92 Å². The number of rotatable bonds is 9. The molecule has 9 nitrogen and oxygen atoms in total. The van der Waals surface area contributed by atoms with Crippen LogP contribution < -0.4 is 10.1 Å². The van der Waals surface area contributed by atoms with Crippen molar-refractivity contribution in [3.63, 3.8) is 0 Å². The Morgan fingerprint density at radius 2 is 1.97 bits per heavy atom. The van der Waals surface area contributed by atoms with E-state index in [1.807, 2.05) is 0 Å². The van der Waals surface area contributed by atoms with Gasteiger partial charge in [-0.2, -0.15) is 0 Å². The molecule has 2 aromatic heterocycles. The van der Waals surface area contributed by atoms with E-state index in [0.29, 0.717) is 30.2 Å². The van der Waals surface area contributed by atoms with E-state index in [9.17, 15) is 18.0 Å². The van der Waals surface area contributed by atoms with E-state index < -0.39 is 30.2 Å². The molecule has 3 rings (SSSR count). The van der Waals surface area contributed by atoms with E-state index in [1.54, 1.807) is 18.4 Å². The maximum Gasteiger partial charge on any atom is 0.573 e. The number of amides is 1. The quantitative estimate of drug-likeness (QED) is 0.516. The smallest absolute Gasteiger partial charge is 0.406 e. The fourth-order valence-electron chi connectivity index (χ4n) is 3.23. The highest BCUT2D eigenvalue weighted by Crippen LogP contribution is 2.29. The molecular formula is C21H24F3N5O4. The summed E-state index contributed by atoms with van der Waals surface area (Å²) in [6.45, 7) is 4.14. The van der Waals surface area contributed by atoms with Crippen LogP contribution in [0.1, 0.15) is 35.0 Å². The Morgan fingerprint density at radius 1 is 1.21 bits per heavy atom. The molecule has 1 amide bonds. The molecule has 1 N–H and O–H groups in total. The number of aryl methyl sites for hydroxylation is 1. The number of carbonyl (C=O) groups excluding carboxylic acids is 1. The van der Waals surface area contributed by atoms with Gasteiger partial charge in [-0.3, -0.25) is 9.78 Å². The van der Waals surface area contributed by atoms with E-state index in [4.69, 9.17) is 9.47 Å². The van der Waals surface area contributed by atoms with Crippen LogP contribution in [0.15, 0.2) is 30.6 Å². The van der Waals surface area contributed by atoms with Crippen LogP contribution in [0.4, 0.5) is 13.2 Å². The minimum Gasteiger partial charge on any atom is -0.406 e. The van der Waals surface area contributed by atoms with Crippen molar-refractivity contribution in [3.8, 4) is 5.75 Å². The number of benzene rings is 1. The van der Waals surface area contributed by atoms with E-state index >= 15 is 0 Å². The van der Waals surface area contributed by atoms with Crippen LogP contribution in [0.2, 0.25) is 0 Å². The molecule has 33 heavy (non-hydrogen) atoms. The van der Waals surface area contributed by atoms with Crippen LogP contribution >= 0.6 is 0 Å². The number of halogens is 3. The highest BCUT2D eigenvalue weighted by atomic mass is 19.4. The normalized spacial score (nSPS) is 13.7. The predicted molar refractivity (Wildman–Crippen MR) is 112 cm³/mol. The van der Waals surface area contributed by atoms with Gasteiger partial charge in [-0.05, 0) is 26.0 Å². The molecule has 0 unspecified atom stereocenters. The summed E-state index contributed by atoms with van der Waals surface area (Å²) in [7, 11) is 3.01. The molecule has 0 fully saturated rings. The lowest BCUT2D eigenvalue weighted by atomic mass is 10.1. The standard InChI is InChI=1S/C21H24F3N5O4/c1-12-10-26-16(11-25-12)20(30)28-18(13(2)32-4)19-27-15-9-14(33-21(22,23)24)5-6-17(15)29(19)7-8-31-3/h5-6,9-11,13,18H,7-8H2,1-4H3,(H,28,30)/t13-,18+/m1/s1. The monoisotopic (exact) mass is 467 g/mol. The maximum atomic E-state index is 12.8. The van der Waals surface area contributed by atoms with E-state index in [0.717, 1.165) is 0 Å². The fraction of sp³-hybridized carbons (Fsp3) is 0.429. The fourth-order valence-corrected chi connectivity index (χ4v) is 3.23. The molecule has 12 heteroatoms. The van der Waals surface area contributed by atoms with Gasteiger partial charge in [0.1, 0.15) is 23.3 Å². The van der Waals surface area contributed by atoms with Crippen molar-refractivity contribution in [2.24, 2.45) is 0 Å². The zero-order valence-corrected chi connectivity index (χ0v) is 18.5. The molecule has 0 radical (unpaired) electrons. The predicted octanol–water partition coefficient (Wildman–Crippen LogP) is 3.19. The lowest BCUT2D eigenvalue weighted by Crippen LogP contribution is -2.38. The first-order chi connectivity index (χ1) is 15.6. The van der Waals surface area contributed by atoms with Crippen molar-refractivity contribution in [2.45, 2.75) is 38.9 Å². The van der Waals surface area contributed by atoms with Gasteiger partial charge in [-0.15, -0.1) is 13.2 Å². The number of ether oxygens (including phenoxy) is 3. The van der Waals surface area contributed by atoms with Crippen molar-refractivity contribution >= 4 is 16.9 Å². The third-order valence-electron chi connectivity index (χ3n) is 4.92. The number of fused-ring (bicyclic) bond motifs is 1. The Balaban J connectivity index is 2.04. The minimum atomic E-state index is -4.83. The number of nitrogens with zero attached hydrogens (tertiary/aromatic N) is 4. The molecule has 0 spiro atoms. The molecule has 2 atom stereocenters. The Labute approximate surface area is 187 Å². The van der Waals surface area contributed by atoms with Gasteiger partial charge >= 0.3 is 6.36 Å². The van der Waals surface area contributed by atoms with Crippen LogP contribution in [0.5, 0.6) is 5.75 Å². The molecule has 0 aliphatic heterocycles. The number of carbonyl (C=O) groups is 1. The molecule has 0 aliphatic rings. The summed E-state index contributed by atoms with van der Waals surface area (Å²) in [6.07, 6.45) is -2.53. The van der Waals surface area contributed by atoms with Gasteiger partial charge in [0, 0.05) is 33.0 Å². The van der Waals surface area contributed by atoms with Gasteiger partial charge in [0.15, 0.2) is 0 Å². The SMILES string of the molecule is COCCn1c([C@@H](NC(=O)c2cnc(C)cn2)[C@@H](C)OC)nc2cc(OC(F)(F)F)ccc21. The average molecular weight is 467 g/mol. The summed E-state index contributed by atoms with van der Waals surface area (Å²) in [5, 5.41) is 2.85. The molecule has 2 heterocycles. The molecule has 3 aromatic rings. The van der Waals surface area contributed by atoms with Gasteiger partial charge in [0.2, 0.25) is 0 Å². The molecule has 1 aromatic carbocycles. The molecule has 0 saturated carbocycles. The van der Waals surface area contributed by atoms with Crippen molar-refractivity contribution in [1.29, 1.82) is 0 Å². The highest BCUT2D eigenvalue weighted by Gasteiger charge is 2.32. The van der Waals surface area contributed by atoms with Crippen LogP contribution in [0.3, 0.4) is 0 Å². The molecule has 0 saturated heterocycles. The summed E-state index contributed by atoms with van der Waals surface area (Å²) in [5.74, 6) is -0.509. The van der Waals surface area contributed by atoms with Gasteiger partial charge in [-0.25, -0.2) is 9.97 Å². The molecule has 178 valence electrons. The van der Waals surface area contributed by atoms with E-state index in [1.165, 1.54) is 44.8 Å². The first kappa shape index (κ1) is 24.4. The molecule has 0 aliphatic carbocycles. The maximum absolute atomic E-state index is 12.8. The molecule has 0 bridgehead atoms. The van der Waals surface area contributed by atoms with Crippen LogP contribution in [-0.4, -0.2) is 58.7 Å². The summed E-state index contributed by atoms with van der Waals surface area (Å²) >= 11 is 0. The van der Waals surface area contributed by atoms with Crippen molar-refractivity contribution in [3.05, 3.63) is 47.8 Å². The first-order valence-corrected chi connectivity index (χ1v) is 10.00. The number of aromatic nitrogens is 4. The number of alkyl halides is 3. The third kappa shape index (κ3) is 5.96. The summed E-state index contributed by atoms with van der Waals surface area (Å²) in [5.41, 5.74) is 1.58. The number of hydrogen-bond acceptors (Lipinski definition) is 7. The zero-order chi connectivity index (χ0) is 24.2. The number of nitrogens with one attached hydrogen (secondary N) is 1. The number of methoxy groups -OCH3 is 2. The Kier molecular flexibility index (Phi) is 7.49. The van der Waals surface area contributed by atoms with Crippen LogP contribution in [-0.2, 0) is 16.0 Å². The highest BCUT2D eigenvalue weighted by molar-refractivity contribution is 5.92. The first-order valence-electron chi connectivity index (χ1n) is 10.00. The van der Waals surface area contributed by atoms with Crippen molar-refractivity contribution < 1.29 is 32.2 Å². The van der Waals surface area contributed by atoms with Gasteiger partial charge in [0.25, 0.3) is 5.91 Å². The minimum absolute atomic E-state index is 0.106. The second-order valence-corrected chi connectivity index (χ2v) is 7.25. The summed E-state index contributed by atoms with van der Waals surface area (Å²) < 4.78 is 54.4. The van der Waals surface area contributed by atoms with Crippen molar-refractivity contribution in [2.75, 3.05) is 20.8 Å². The average Bonchev–Trinajstić information content (AvgIpc) is 3.11. The lowest BCUT2D eigenvalue weighted by molar-refractivity contribution is -0.274. The van der Waals surface area contributed by atoms with Crippen molar-refractivity contribution in [1.82, 2.24) is 24.8 Å². The van der Waals surface area contributed by atoms with E-state index in [2.05, 4.69) is 25.0 Å². The third-order valence-corrected chi connectivity index (χ3v) is 4.92. The van der Waals surface area contributed by atoms with Crippen LogP contribution in [0.25, 0.3) is 11.0 Å². The summed E-state index contributed by atoms with van der Waals surface area (Å²) in [6, 6.07) is 3.13. The Morgan fingerprint density at radius 3 is 2.58 bits per heavy atom. The van der Waals surface area contributed by atoms with Gasteiger partial charge < -0.3 is 24.1 Å². The second-order valence-electron chi connectivity index (χ2n) is 7.25. The number of imidazole rings is 1. The van der Waals surface area contributed by atoms with Gasteiger partial charge in [-0.1, -0.05) is 0 Å². The summed E-state index contributed by atoms with van der Waals surface area (Å²) in [4.78, 5) is 25.5. The Hall–Kier alpha value is -3.25. The Bertz CT molecular complexity index is 1100. The van der Waals surface area contributed by atoms with E-state index in [-0.39, 0.29) is 11.2 Å². The topological polar surface area (TPSA) is 100 Å². The molecular weight excluding hydrogens is 443 g/mol. The largest absolute Gasteiger partial charge is 0.573 e. The number of hydrogen-bond donors (Lipinski definition) is 1.